The highest BCUT2D eigenvalue weighted by atomic mass is 16.5. The Bertz CT molecular complexity index is 409. The molecule has 1 nitrogen and oxygen atoms in total. The molecule has 0 bridgehead atoms. The molecular formula is C26H46O. The molecule has 0 atom stereocenters. The Labute approximate surface area is 170 Å². The van der Waals surface area contributed by atoms with Crippen molar-refractivity contribution in [1.29, 1.82) is 0 Å². The van der Waals surface area contributed by atoms with Gasteiger partial charge in [0.25, 0.3) is 0 Å². The highest BCUT2D eigenvalue weighted by molar-refractivity contribution is 5.27. The van der Waals surface area contributed by atoms with Crippen LogP contribution in [0.2, 0.25) is 0 Å². The van der Waals surface area contributed by atoms with Gasteiger partial charge in [-0.25, -0.2) is 0 Å². The first-order valence-corrected chi connectivity index (χ1v) is 12.1. The summed E-state index contributed by atoms with van der Waals surface area (Å²) in [6, 6.07) is 8.54. The van der Waals surface area contributed by atoms with Crippen LogP contribution in [0, 0.1) is 0 Å². The third kappa shape index (κ3) is 14.7. The van der Waals surface area contributed by atoms with E-state index in [0.29, 0.717) is 0 Å². The Balaban J connectivity index is 1.75. The molecule has 0 unspecified atom stereocenters. The van der Waals surface area contributed by atoms with Crippen molar-refractivity contribution in [2.24, 2.45) is 0 Å². The molecule has 1 rings (SSSR count). The lowest BCUT2D eigenvalue weighted by atomic mass is 10.0. The molecule has 27 heavy (non-hydrogen) atoms. The van der Waals surface area contributed by atoms with Crippen molar-refractivity contribution < 1.29 is 4.74 Å². The maximum atomic E-state index is 5.82. The number of hydrogen-bond donors (Lipinski definition) is 0. The normalized spacial score (nSPS) is 11.0. The zero-order chi connectivity index (χ0) is 19.4. The first kappa shape index (κ1) is 24.1. The molecule has 0 spiro atoms. The third-order valence-corrected chi connectivity index (χ3v) is 5.60. The Kier molecular flexibility index (Phi) is 16.4. The van der Waals surface area contributed by atoms with Crippen molar-refractivity contribution in [3.63, 3.8) is 0 Å². The van der Waals surface area contributed by atoms with Gasteiger partial charge < -0.3 is 4.74 Å². The molecule has 0 saturated carbocycles. The molecule has 1 aromatic rings. The molecule has 0 amide bonds. The second kappa shape index (κ2) is 18.4. The lowest BCUT2D eigenvalue weighted by Gasteiger charge is -2.07. The molecule has 0 heterocycles. The number of rotatable bonds is 19. The second-order valence-corrected chi connectivity index (χ2v) is 8.15. The standard InChI is InChI=1S/C26H46O/c1-3-5-6-7-8-9-10-11-12-13-14-15-16-17-18-19-24-27-26-22-20-25(4-2)21-23-26/h20-23H,3-19,24H2,1-2H3. The summed E-state index contributed by atoms with van der Waals surface area (Å²) >= 11 is 0. The first-order valence-electron chi connectivity index (χ1n) is 12.1. The minimum absolute atomic E-state index is 0.865. The SMILES string of the molecule is CCCCCCCCCCCCCCCCCCOc1ccc(CC)cc1. The molecule has 1 heteroatoms. The lowest BCUT2D eigenvalue weighted by molar-refractivity contribution is 0.304. The molecule has 0 aliphatic rings. The van der Waals surface area contributed by atoms with Crippen LogP contribution in [0.1, 0.15) is 122 Å². The van der Waals surface area contributed by atoms with E-state index >= 15 is 0 Å². The first-order chi connectivity index (χ1) is 13.4. The highest BCUT2D eigenvalue weighted by Gasteiger charge is 1.96. The number of benzene rings is 1. The molecule has 0 radical (unpaired) electrons. The smallest absolute Gasteiger partial charge is 0.119 e. The molecule has 1 aromatic carbocycles. The summed E-state index contributed by atoms with van der Waals surface area (Å²) in [7, 11) is 0. The van der Waals surface area contributed by atoms with Crippen LogP contribution in [0.3, 0.4) is 0 Å². The van der Waals surface area contributed by atoms with E-state index in [0.717, 1.165) is 18.8 Å². The zero-order valence-electron chi connectivity index (χ0n) is 18.4. The van der Waals surface area contributed by atoms with Crippen LogP contribution in [-0.4, -0.2) is 6.61 Å². The average molecular weight is 375 g/mol. The van der Waals surface area contributed by atoms with Crippen molar-refractivity contribution in [3.8, 4) is 5.75 Å². The molecule has 0 aliphatic carbocycles. The molecule has 0 N–H and O–H groups in total. The lowest BCUT2D eigenvalue weighted by Crippen LogP contribution is -1.97. The maximum absolute atomic E-state index is 5.82. The van der Waals surface area contributed by atoms with Crippen molar-refractivity contribution in [1.82, 2.24) is 0 Å². The van der Waals surface area contributed by atoms with E-state index in [1.54, 1.807) is 0 Å². The van der Waals surface area contributed by atoms with Crippen LogP contribution in [0.5, 0.6) is 5.75 Å². The monoisotopic (exact) mass is 374 g/mol. The molecule has 156 valence electrons. The van der Waals surface area contributed by atoms with E-state index in [4.69, 9.17) is 4.74 Å². The van der Waals surface area contributed by atoms with Crippen LogP contribution in [0.4, 0.5) is 0 Å². The minimum Gasteiger partial charge on any atom is -0.494 e. The van der Waals surface area contributed by atoms with Gasteiger partial charge in [-0.2, -0.15) is 0 Å². The fraction of sp³-hybridized carbons (Fsp3) is 0.769. The number of aryl methyl sites for hydroxylation is 1. The van der Waals surface area contributed by atoms with E-state index in [2.05, 4.69) is 38.1 Å². The van der Waals surface area contributed by atoms with Gasteiger partial charge in [0.15, 0.2) is 0 Å². The Morgan fingerprint density at radius 3 is 1.33 bits per heavy atom. The molecular weight excluding hydrogens is 328 g/mol. The average Bonchev–Trinajstić information content (AvgIpc) is 2.70. The van der Waals surface area contributed by atoms with Crippen LogP contribution in [0.15, 0.2) is 24.3 Å². The van der Waals surface area contributed by atoms with E-state index < -0.39 is 0 Å². The van der Waals surface area contributed by atoms with Gasteiger partial charge in [-0.05, 0) is 30.5 Å². The molecule has 0 aromatic heterocycles. The summed E-state index contributed by atoms with van der Waals surface area (Å²) in [5.74, 6) is 1.02. The van der Waals surface area contributed by atoms with Gasteiger partial charge in [0, 0.05) is 0 Å². The highest BCUT2D eigenvalue weighted by Crippen LogP contribution is 2.15. The van der Waals surface area contributed by atoms with Gasteiger partial charge in [-0.1, -0.05) is 122 Å². The Morgan fingerprint density at radius 1 is 0.519 bits per heavy atom. The zero-order valence-corrected chi connectivity index (χ0v) is 18.4. The number of ether oxygens (including phenoxy) is 1. The van der Waals surface area contributed by atoms with Crippen molar-refractivity contribution in [2.45, 2.75) is 123 Å². The number of unbranched alkanes of at least 4 members (excludes halogenated alkanes) is 15. The summed E-state index contributed by atoms with van der Waals surface area (Å²) < 4.78 is 5.82. The molecule has 0 fully saturated rings. The van der Waals surface area contributed by atoms with E-state index in [9.17, 15) is 0 Å². The van der Waals surface area contributed by atoms with Crippen molar-refractivity contribution in [2.75, 3.05) is 6.61 Å². The summed E-state index contributed by atoms with van der Waals surface area (Å²) in [5.41, 5.74) is 1.38. The van der Waals surface area contributed by atoms with Crippen molar-refractivity contribution >= 4 is 0 Å². The van der Waals surface area contributed by atoms with Crippen LogP contribution >= 0.6 is 0 Å². The van der Waals surface area contributed by atoms with Gasteiger partial charge in [0.05, 0.1) is 6.61 Å². The van der Waals surface area contributed by atoms with Gasteiger partial charge in [-0.3, -0.25) is 0 Å². The fourth-order valence-corrected chi connectivity index (χ4v) is 3.66. The second-order valence-electron chi connectivity index (χ2n) is 8.15. The quantitative estimate of drug-likeness (QED) is 0.220. The van der Waals surface area contributed by atoms with E-state index in [-0.39, 0.29) is 0 Å². The van der Waals surface area contributed by atoms with Gasteiger partial charge in [0.2, 0.25) is 0 Å². The third-order valence-electron chi connectivity index (χ3n) is 5.60. The minimum atomic E-state index is 0.865. The Morgan fingerprint density at radius 2 is 0.926 bits per heavy atom. The molecule has 0 saturated heterocycles. The predicted molar refractivity (Wildman–Crippen MR) is 121 cm³/mol. The fourth-order valence-electron chi connectivity index (χ4n) is 3.66. The number of hydrogen-bond acceptors (Lipinski definition) is 1. The van der Waals surface area contributed by atoms with Gasteiger partial charge >= 0.3 is 0 Å². The van der Waals surface area contributed by atoms with Crippen molar-refractivity contribution in [3.05, 3.63) is 29.8 Å². The summed E-state index contributed by atoms with van der Waals surface area (Å²) in [4.78, 5) is 0. The summed E-state index contributed by atoms with van der Waals surface area (Å²) in [6.45, 7) is 5.35. The van der Waals surface area contributed by atoms with Crippen LogP contribution in [-0.2, 0) is 6.42 Å². The van der Waals surface area contributed by atoms with Gasteiger partial charge in [0.1, 0.15) is 5.75 Å². The van der Waals surface area contributed by atoms with Crippen LogP contribution < -0.4 is 4.74 Å². The molecule has 0 aliphatic heterocycles. The summed E-state index contributed by atoms with van der Waals surface area (Å²) in [5, 5.41) is 0. The van der Waals surface area contributed by atoms with E-state index in [1.165, 1.54) is 108 Å². The topological polar surface area (TPSA) is 9.23 Å². The van der Waals surface area contributed by atoms with Crippen LogP contribution in [0.25, 0.3) is 0 Å². The summed E-state index contributed by atoms with van der Waals surface area (Å²) in [6.07, 6.45) is 23.7. The predicted octanol–water partition coefficient (Wildman–Crippen LogP) is 8.89. The van der Waals surface area contributed by atoms with E-state index in [1.807, 2.05) is 0 Å². The largest absolute Gasteiger partial charge is 0.494 e. The maximum Gasteiger partial charge on any atom is 0.119 e. The Hall–Kier alpha value is -0.980. The van der Waals surface area contributed by atoms with Gasteiger partial charge in [-0.15, -0.1) is 0 Å².